The molecule has 0 aliphatic rings. The van der Waals surface area contributed by atoms with Gasteiger partial charge in [-0.2, -0.15) is 0 Å². The molecule has 0 fully saturated rings. The Labute approximate surface area is 235 Å². The number of imidazole rings is 1. The van der Waals surface area contributed by atoms with Gasteiger partial charge in [-0.15, -0.1) is 5.10 Å². The third kappa shape index (κ3) is 6.28. The van der Waals surface area contributed by atoms with Crippen LogP contribution in [0, 0.1) is 6.92 Å². The van der Waals surface area contributed by atoms with Gasteiger partial charge in [-0.25, -0.2) is 17.9 Å². The van der Waals surface area contributed by atoms with Gasteiger partial charge in [0.05, 0.1) is 34.1 Å². The standard InChI is InChI=1S/C30H38N4O5S/c1-5-7-8-12-15-27-31-21(4)28-30(36)32-29(33-34(27)28)24-19-23(16-17-26(24)39-6-2)40(37,38)20(3)18-25(35)22-13-10-9-11-14-22/h9-11,13-14,16-17,19-20,25,35H,5-8,12,15,18H2,1-4H3,(H,32,33,36). The lowest BCUT2D eigenvalue weighted by Crippen LogP contribution is -2.21. The van der Waals surface area contributed by atoms with E-state index in [2.05, 4.69) is 16.9 Å². The molecule has 9 nitrogen and oxygen atoms in total. The summed E-state index contributed by atoms with van der Waals surface area (Å²) in [4.78, 5) is 20.6. The van der Waals surface area contributed by atoms with E-state index in [0.29, 0.717) is 46.9 Å². The van der Waals surface area contributed by atoms with Crippen LogP contribution in [-0.2, 0) is 16.3 Å². The molecule has 0 aliphatic heterocycles. The fourth-order valence-electron chi connectivity index (χ4n) is 4.87. The van der Waals surface area contributed by atoms with Crippen molar-refractivity contribution in [3.05, 3.63) is 76.0 Å². The zero-order chi connectivity index (χ0) is 28.9. The third-order valence-corrected chi connectivity index (χ3v) is 9.26. The van der Waals surface area contributed by atoms with Crippen LogP contribution in [-0.4, -0.2) is 45.0 Å². The smallest absolute Gasteiger partial charge is 0.277 e. The minimum atomic E-state index is -3.83. The number of nitrogens with one attached hydrogen (secondary N) is 1. The number of unbranched alkanes of at least 4 members (excludes halogenated alkanes) is 3. The first-order valence-corrected chi connectivity index (χ1v) is 15.4. The number of sulfone groups is 1. The van der Waals surface area contributed by atoms with Gasteiger partial charge >= 0.3 is 0 Å². The topological polar surface area (TPSA) is 127 Å². The summed E-state index contributed by atoms with van der Waals surface area (Å²) >= 11 is 0. The highest BCUT2D eigenvalue weighted by atomic mass is 32.2. The monoisotopic (exact) mass is 566 g/mol. The van der Waals surface area contributed by atoms with Gasteiger partial charge in [0.15, 0.2) is 21.2 Å². The van der Waals surface area contributed by atoms with Gasteiger partial charge in [-0.1, -0.05) is 56.5 Å². The highest BCUT2D eigenvalue weighted by molar-refractivity contribution is 7.92. The molecule has 2 unspecified atom stereocenters. The maximum atomic E-state index is 13.6. The van der Waals surface area contributed by atoms with E-state index in [-0.39, 0.29) is 22.7 Å². The van der Waals surface area contributed by atoms with Crippen LogP contribution in [0.1, 0.15) is 76.1 Å². The van der Waals surface area contributed by atoms with E-state index in [1.165, 1.54) is 12.1 Å². The Morgan fingerprint density at radius 1 is 1.07 bits per heavy atom. The molecule has 214 valence electrons. The molecule has 2 N–H and O–H groups in total. The van der Waals surface area contributed by atoms with E-state index in [1.54, 1.807) is 48.7 Å². The predicted octanol–water partition coefficient (Wildman–Crippen LogP) is 5.20. The third-order valence-electron chi connectivity index (χ3n) is 7.10. The minimum absolute atomic E-state index is 0.0334. The number of aliphatic hydroxyl groups excluding tert-OH is 1. The van der Waals surface area contributed by atoms with Gasteiger partial charge in [0.1, 0.15) is 11.6 Å². The molecule has 0 amide bonds. The number of benzene rings is 2. The highest BCUT2D eigenvalue weighted by Gasteiger charge is 2.28. The van der Waals surface area contributed by atoms with Gasteiger partial charge in [0, 0.05) is 6.42 Å². The summed E-state index contributed by atoms with van der Waals surface area (Å²) in [6, 6.07) is 13.6. The number of ether oxygens (including phenoxy) is 1. The first kappa shape index (κ1) is 29.5. The second kappa shape index (κ2) is 12.8. The first-order valence-electron chi connectivity index (χ1n) is 13.9. The Balaban J connectivity index is 1.73. The molecule has 0 spiro atoms. The van der Waals surface area contributed by atoms with E-state index >= 15 is 0 Å². The molecule has 2 aromatic carbocycles. The van der Waals surface area contributed by atoms with Crippen LogP contribution in [0.15, 0.2) is 58.2 Å². The first-order chi connectivity index (χ1) is 19.2. The number of hydrogen-bond acceptors (Lipinski definition) is 7. The van der Waals surface area contributed by atoms with Crippen molar-refractivity contribution >= 4 is 15.4 Å². The number of aliphatic hydroxyl groups is 1. The van der Waals surface area contributed by atoms with Gasteiger partial charge in [0.2, 0.25) is 0 Å². The summed E-state index contributed by atoms with van der Waals surface area (Å²) in [6.07, 6.45) is 4.03. The van der Waals surface area contributed by atoms with E-state index in [1.807, 2.05) is 13.0 Å². The van der Waals surface area contributed by atoms with Crippen LogP contribution >= 0.6 is 0 Å². The molecule has 0 radical (unpaired) electrons. The molecule has 4 rings (SSSR count). The number of nitrogens with zero attached hydrogens (tertiary/aromatic N) is 3. The van der Waals surface area contributed by atoms with Crippen molar-refractivity contribution in [1.82, 2.24) is 19.6 Å². The summed E-state index contributed by atoms with van der Waals surface area (Å²) < 4.78 is 34.6. The lowest BCUT2D eigenvalue weighted by molar-refractivity contribution is 0.167. The van der Waals surface area contributed by atoms with Crippen LogP contribution in [0.4, 0.5) is 0 Å². The zero-order valence-electron chi connectivity index (χ0n) is 23.6. The Bertz CT molecular complexity index is 1610. The van der Waals surface area contributed by atoms with Crippen LogP contribution < -0.4 is 10.3 Å². The van der Waals surface area contributed by atoms with Crippen LogP contribution in [0.3, 0.4) is 0 Å². The fraction of sp³-hybridized carbons (Fsp3) is 0.433. The Morgan fingerprint density at radius 2 is 1.82 bits per heavy atom. The second-order valence-electron chi connectivity index (χ2n) is 10.1. The van der Waals surface area contributed by atoms with Gasteiger partial charge < -0.3 is 14.8 Å². The van der Waals surface area contributed by atoms with Crippen molar-refractivity contribution in [2.75, 3.05) is 6.61 Å². The predicted molar refractivity (Wildman–Crippen MR) is 155 cm³/mol. The van der Waals surface area contributed by atoms with Crippen molar-refractivity contribution in [3.63, 3.8) is 0 Å². The molecule has 4 aromatic rings. The van der Waals surface area contributed by atoms with E-state index in [0.717, 1.165) is 25.7 Å². The number of hydrogen-bond donors (Lipinski definition) is 2. The maximum Gasteiger partial charge on any atom is 0.277 e. The number of aryl methyl sites for hydroxylation is 2. The summed E-state index contributed by atoms with van der Waals surface area (Å²) in [6.45, 7) is 7.69. The van der Waals surface area contributed by atoms with E-state index in [9.17, 15) is 18.3 Å². The van der Waals surface area contributed by atoms with Crippen molar-refractivity contribution in [2.45, 2.75) is 82.5 Å². The molecular formula is C30H38N4O5S. The van der Waals surface area contributed by atoms with Crippen molar-refractivity contribution in [3.8, 4) is 17.1 Å². The molecule has 0 saturated heterocycles. The SMILES string of the molecule is CCCCCCc1nc(C)c2c(=O)[nH]c(-c3cc(S(=O)(=O)C(C)CC(O)c4ccccc4)ccc3OCC)nn12. The molecular weight excluding hydrogens is 528 g/mol. The number of fused-ring (bicyclic) bond motifs is 1. The van der Waals surface area contributed by atoms with Crippen LogP contribution in [0.25, 0.3) is 16.9 Å². The average molecular weight is 567 g/mol. The Kier molecular flexibility index (Phi) is 9.42. The number of H-pyrrole nitrogens is 1. The molecule has 0 saturated carbocycles. The lowest BCUT2D eigenvalue weighted by Gasteiger charge is -2.19. The normalized spacial score (nSPS) is 13.4. The van der Waals surface area contributed by atoms with Crippen LogP contribution in [0.5, 0.6) is 5.75 Å². The number of rotatable bonds is 13. The van der Waals surface area contributed by atoms with E-state index in [4.69, 9.17) is 9.84 Å². The van der Waals surface area contributed by atoms with Crippen molar-refractivity contribution in [1.29, 1.82) is 0 Å². The highest BCUT2D eigenvalue weighted by Crippen LogP contribution is 2.33. The van der Waals surface area contributed by atoms with Gasteiger partial charge in [0.25, 0.3) is 5.56 Å². The summed E-state index contributed by atoms with van der Waals surface area (Å²) in [5, 5.41) is 14.5. The Morgan fingerprint density at radius 3 is 2.52 bits per heavy atom. The van der Waals surface area contributed by atoms with E-state index < -0.39 is 21.2 Å². The number of aromatic amines is 1. The van der Waals surface area contributed by atoms with Crippen LogP contribution in [0.2, 0.25) is 0 Å². The number of aromatic nitrogens is 4. The van der Waals surface area contributed by atoms with Gasteiger partial charge in [-0.3, -0.25) is 4.79 Å². The van der Waals surface area contributed by atoms with Crippen molar-refractivity contribution in [2.24, 2.45) is 0 Å². The molecule has 0 aliphatic carbocycles. The average Bonchev–Trinajstić information content (AvgIpc) is 3.27. The molecule has 2 heterocycles. The molecule has 2 atom stereocenters. The zero-order valence-corrected chi connectivity index (χ0v) is 24.4. The maximum absolute atomic E-state index is 13.6. The quantitative estimate of drug-likeness (QED) is 0.213. The second-order valence-corrected chi connectivity index (χ2v) is 12.5. The summed E-state index contributed by atoms with van der Waals surface area (Å²) in [7, 11) is -3.83. The molecule has 2 aromatic heterocycles. The van der Waals surface area contributed by atoms with Gasteiger partial charge in [-0.05, 0) is 57.4 Å². The molecule has 40 heavy (non-hydrogen) atoms. The Hall–Kier alpha value is -3.50. The molecule has 0 bridgehead atoms. The lowest BCUT2D eigenvalue weighted by atomic mass is 10.1. The van der Waals surface area contributed by atoms with Crippen molar-refractivity contribution < 1.29 is 18.3 Å². The fourth-order valence-corrected chi connectivity index (χ4v) is 6.31. The summed E-state index contributed by atoms with van der Waals surface area (Å²) in [5.41, 5.74) is 1.64. The largest absolute Gasteiger partial charge is 0.493 e. The summed E-state index contributed by atoms with van der Waals surface area (Å²) in [5.74, 6) is 1.30. The molecule has 10 heteroatoms. The minimum Gasteiger partial charge on any atom is -0.493 e.